The van der Waals surface area contributed by atoms with E-state index in [0.29, 0.717) is 31.3 Å². The molecule has 7 nitrogen and oxygen atoms in total. The summed E-state index contributed by atoms with van der Waals surface area (Å²) in [7, 11) is 0. The molecule has 2 amide bonds. The molecule has 1 aliphatic heterocycles. The molecule has 0 saturated heterocycles. The highest BCUT2D eigenvalue weighted by molar-refractivity contribution is 5.91. The van der Waals surface area contributed by atoms with Crippen LogP contribution in [-0.2, 0) is 17.8 Å². The maximum atomic E-state index is 14.2. The molecule has 2 aliphatic rings. The molecule has 5 rings (SSSR count). The molecule has 0 N–H and O–H groups in total. The molecule has 8 heteroatoms. The lowest BCUT2D eigenvalue weighted by molar-refractivity contribution is -0.134. The quantitative estimate of drug-likeness (QED) is 0.454. The van der Waals surface area contributed by atoms with Crippen molar-refractivity contribution in [3.8, 4) is 5.75 Å². The van der Waals surface area contributed by atoms with Crippen molar-refractivity contribution in [3.05, 3.63) is 82.8 Å². The Bertz CT molecular complexity index is 1270. The average molecular weight is 492 g/mol. The average Bonchev–Trinajstić information content (AvgIpc) is 3.64. The van der Waals surface area contributed by atoms with Gasteiger partial charge in [0, 0.05) is 25.6 Å². The summed E-state index contributed by atoms with van der Waals surface area (Å²) in [4.78, 5) is 33.5. The summed E-state index contributed by atoms with van der Waals surface area (Å²) in [6.45, 7) is 5.67. The summed E-state index contributed by atoms with van der Waals surface area (Å²) in [5.74, 6) is 0.583. The van der Waals surface area contributed by atoms with E-state index in [-0.39, 0.29) is 41.9 Å². The van der Waals surface area contributed by atoms with Crippen LogP contribution in [0.3, 0.4) is 0 Å². The number of benzene rings is 2. The van der Waals surface area contributed by atoms with Gasteiger partial charge in [0.15, 0.2) is 12.3 Å². The third-order valence-electron chi connectivity index (χ3n) is 6.90. The van der Waals surface area contributed by atoms with E-state index in [2.05, 4.69) is 4.98 Å². The van der Waals surface area contributed by atoms with Gasteiger partial charge in [0.05, 0.1) is 6.04 Å². The topological polar surface area (TPSA) is 75.9 Å². The lowest BCUT2D eigenvalue weighted by atomic mass is 9.87. The third kappa shape index (κ3) is 4.85. The molecule has 2 heterocycles. The fourth-order valence-corrected chi connectivity index (χ4v) is 4.81. The van der Waals surface area contributed by atoms with Crippen LogP contribution in [-0.4, -0.2) is 46.2 Å². The predicted octanol–water partition coefficient (Wildman–Crippen LogP) is 4.76. The molecule has 1 saturated carbocycles. The third-order valence-corrected chi connectivity index (χ3v) is 6.90. The van der Waals surface area contributed by atoms with Crippen LogP contribution in [0.2, 0.25) is 0 Å². The second kappa shape index (κ2) is 10.1. The number of nitrogens with zero attached hydrogens (tertiary/aromatic N) is 3. The van der Waals surface area contributed by atoms with Crippen LogP contribution in [0.15, 0.2) is 53.1 Å². The Hall–Kier alpha value is -3.68. The molecule has 2 aromatic carbocycles. The van der Waals surface area contributed by atoms with Crippen molar-refractivity contribution < 1.29 is 23.1 Å². The molecule has 1 unspecified atom stereocenters. The molecule has 1 aromatic heterocycles. The van der Waals surface area contributed by atoms with Gasteiger partial charge in [-0.1, -0.05) is 18.2 Å². The highest BCUT2D eigenvalue weighted by atomic mass is 19.1. The number of halogens is 1. The Labute approximate surface area is 209 Å². The van der Waals surface area contributed by atoms with Crippen LogP contribution in [0.1, 0.15) is 65.8 Å². The van der Waals surface area contributed by atoms with E-state index >= 15 is 0 Å². The summed E-state index contributed by atoms with van der Waals surface area (Å²) in [5.41, 5.74) is 3.04. The van der Waals surface area contributed by atoms with Gasteiger partial charge in [-0.25, -0.2) is 9.37 Å². The zero-order valence-corrected chi connectivity index (χ0v) is 20.6. The molecule has 188 valence electrons. The number of oxazole rings is 1. The molecule has 1 atom stereocenters. The SMILES string of the molecule is CCN(CC)C(=O)c1coc(COc2ccc3c(c2)C(c2cccc(F)c2)N(C(=O)C2CC2)CC3)n1. The van der Waals surface area contributed by atoms with E-state index in [1.807, 2.05) is 43.0 Å². The van der Waals surface area contributed by atoms with Crippen molar-refractivity contribution in [2.45, 2.75) is 45.8 Å². The van der Waals surface area contributed by atoms with Crippen LogP contribution in [0.4, 0.5) is 4.39 Å². The first-order valence-corrected chi connectivity index (χ1v) is 12.5. The molecule has 36 heavy (non-hydrogen) atoms. The maximum Gasteiger partial charge on any atom is 0.275 e. The molecule has 0 spiro atoms. The van der Waals surface area contributed by atoms with Gasteiger partial charge in [-0.05, 0) is 74.1 Å². The Morgan fingerprint density at radius 3 is 2.69 bits per heavy atom. The summed E-state index contributed by atoms with van der Waals surface area (Å²) in [5, 5.41) is 0. The van der Waals surface area contributed by atoms with Crippen molar-refractivity contribution in [3.63, 3.8) is 0 Å². The molecule has 3 aromatic rings. The van der Waals surface area contributed by atoms with Crippen molar-refractivity contribution in [1.82, 2.24) is 14.8 Å². The first-order chi connectivity index (χ1) is 17.5. The van der Waals surface area contributed by atoms with Crippen molar-refractivity contribution in [1.29, 1.82) is 0 Å². The molecule has 0 radical (unpaired) electrons. The van der Waals surface area contributed by atoms with Crippen molar-refractivity contribution in [2.24, 2.45) is 5.92 Å². The number of carbonyl (C=O) groups is 2. The minimum atomic E-state index is -0.374. The van der Waals surface area contributed by atoms with Gasteiger partial charge in [-0.2, -0.15) is 0 Å². The van der Waals surface area contributed by atoms with Crippen LogP contribution in [0.5, 0.6) is 5.75 Å². The Kier molecular flexibility index (Phi) is 6.76. The van der Waals surface area contributed by atoms with E-state index in [1.165, 1.54) is 18.4 Å². The Balaban J connectivity index is 1.38. The van der Waals surface area contributed by atoms with Crippen molar-refractivity contribution >= 4 is 11.8 Å². The fraction of sp³-hybridized carbons (Fsp3) is 0.393. The summed E-state index contributed by atoms with van der Waals surface area (Å²) in [6, 6.07) is 11.9. The van der Waals surface area contributed by atoms with Crippen LogP contribution < -0.4 is 4.74 Å². The van der Waals surface area contributed by atoms with Crippen LogP contribution in [0.25, 0.3) is 0 Å². The number of aromatic nitrogens is 1. The molecular weight excluding hydrogens is 461 g/mol. The lowest BCUT2D eigenvalue weighted by Gasteiger charge is -2.38. The number of fused-ring (bicyclic) bond motifs is 1. The summed E-state index contributed by atoms with van der Waals surface area (Å²) in [6.07, 6.45) is 3.91. The predicted molar refractivity (Wildman–Crippen MR) is 131 cm³/mol. The standard InChI is InChI=1S/C28H30FN3O4/c1-3-31(4-2)28(34)24-16-36-25(30-24)17-35-22-11-10-18-12-13-32(27(33)19-8-9-19)26(23(18)15-22)20-6-5-7-21(29)14-20/h5-7,10-11,14-16,19,26H,3-4,8-9,12-13,17H2,1-2H3. The Morgan fingerprint density at radius 2 is 1.97 bits per heavy atom. The van der Waals surface area contributed by atoms with Crippen molar-refractivity contribution in [2.75, 3.05) is 19.6 Å². The Morgan fingerprint density at radius 1 is 1.17 bits per heavy atom. The van der Waals surface area contributed by atoms with E-state index in [1.54, 1.807) is 11.0 Å². The summed E-state index contributed by atoms with van der Waals surface area (Å²) < 4.78 is 25.6. The first kappa shape index (κ1) is 24.0. The molecule has 1 aliphatic carbocycles. The van der Waals surface area contributed by atoms with Gasteiger partial charge in [-0.3, -0.25) is 9.59 Å². The van der Waals surface area contributed by atoms with E-state index in [9.17, 15) is 14.0 Å². The number of hydrogen-bond donors (Lipinski definition) is 0. The molecule has 1 fully saturated rings. The fourth-order valence-electron chi connectivity index (χ4n) is 4.81. The number of rotatable bonds is 8. The van der Waals surface area contributed by atoms with Gasteiger partial charge in [-0.15, -0.1) is 0 Å². The number of carbonyl (C=O) groups excluding carboxylic acids is 2. The maximum absolute atomic E-state index is 14.2. The number of ether oxygens (including phenoxy) is 1. The zero-order chi connectivity index (χ0) is 25.2. The highest BCUT2D eigenvalue weighted by Gasteiger charge is 2.39. The van der Waals surface area contributed by atoms with Crippen LogP contribution in [0, 0.1) is 11.7 Å². The zero-order valence-electron chi connectivity index (χ0n) is 20.6. The minimum absolute atomic E-state index is 0.0552. The first-order valence-electron chi connectivity index (χ1n) is 12.5. The highest BCUT2D eigenvalue weighted by Crippen LogP contribution is 2.41. The van der Waals surface area contributed by atoms with E-state index < -0.39 is 0 Å². The monoisotopic (exact) mass is 491 g/mol. The second-order valence-corrected chi connectivity index (χ2v) is 9.27. The van der Waals surface area contributed by atoms with Gasteiger partial charge in [0.1, 0.15) is 17.8 Å². The molecule has 0 bridgehead atoms. The van der Waals surface area contributed by atoms with Gasteiger partial charge in [0.25, 0.3) is 5.91 Å². The smallest absolute Gasteiger partial charge is 0.275 e. The van der Waals surface area contributed by atoms with Gasteiger partial charge in [0.2, 0.25) is 11.8 Å². The minimum Gasteiger partial charge on any atom is -0.484 e. The van der Waals surface area contributed by atoms with E-state index in [0.717, 1.165) is 36.0 Å². The van der Waals surface area contributed by atoms with E-state index in [4.69, 9.17) is 9.15 Å². The number of amides is 2. The second-order valence-electron chi connectivity index (χ2n) is 9.27. The molecular formula is C28H30FN3O4. The number of hydrogen-bond acceptors (Lipinski definition) is 5. The van der Waals surface area contributed by atoms with Gasteiger partial charge < -0.3 is 19.0 Å². The lowest BCUT2D eigenvalue weighted by Crippen LogP contribution is -2.41. The normalized spacial score (nSPS) is 17.0. The summed E-state index contributed by atoms with van der Waals surface area (Å²) >= 11 is 0. The van der Waals surface area contributed by atoms with Crippen LogP contribution >= 0.6 is 0 Å². The largest absolute Gasteiger partial charge is 0.484 e. The van der Waals surface area contributed by atoms with Gasteiger partial charge >= 0.3 is 0 Å².